The maximum absolute atomic E-state index is 13.5. The van der Waals surface area contributed by atoms with Gasteiger partial charge in [0.2, 0.25) is 5.91 Å². The van der Waals surface area contributed by atoms with Gasteiger partial charge in [-0.15, -0.1) is 0 Å². The number of hydrazine groups is 1. The molecule has 1 aromatic rings. The van der Waals surface area contributed by atoms with Crippen LogP contribution in [0.3, 0.4) is 0 Å². The molecule has 2 aliphatic heterocycles. The SMILES string of the molecule is CN(CCCN1CCCCCC1)C(=O)C1CNNC1c1cccc(F)c1. The van der Waals surface area contributed by atoms with Crippen molar-refractivity contribution in [2.24, 2.45) is 5.92 Å². The molecule has 0 bridgehead atoms. The number of halogens is 1. The highest BCUT2D eigenvalue weighted by Gasteiger charge is 2.35. The Morgan fingerprint density at radius 2 is 2.04 bits per heavy atom. The topological polar surface area (TPSA) is 47.6 Å². The van der Waals surface area contributed by atoms with E-state index >= 15 is 0 Å². The molecule has 2 atom stereocenters. The predicted molar refractivity (Wildman–Crippen MR) is 101 cm³/mol. The van der Waals surface area contributed by atoms with Crippen molar-refractivity contribution in [2.45, 2.75) is 38.1 Å². The highest BCUT2D eigenvalue weighted by Crippen LogP contribution is 2.26. The minimum absolute atomic E-state index is 0.118. The van der Waals surface area contributed by atoms with Crippen LogP contribution in [0.5, 0.6) is 0 Å². The molecule has 1 amide bonds. The number of benzene rings is 1. The van der Waals surface area contributed by atoms with Gasteiger partial charge in [0.05, 0.1) is 12.0 Å². The normalized spacial score (nSPS) is 24.4. The number of hydrogen-bond donors (Lipinski definition) is 2. The average molecular weight is 362 g/mol. The van der Waals surface area contributed by atoms with Gasteiger partial charge in [-0.3, -0.25) is 10.2 Å². The molecule has 0 aromatic heterocycles. The van der Waals surface area contributed by atoms with Crippen LogP contribution in [-0.2, 0) is 4.79 Å². The number of rotatable bonds is 6. The van der Waals surface area contributed by atoms with Gasteiger partial charge in [-0.2, -0.15) is 0 Å². The van der Waals surface area contributed by atoms with Crippen molar-refractivity contribution in [1.82, 2.24) is 20.7 Å². The predicted octanol–water partition coefficient (Wildman–Crippen LogP) is 2.32. The van der Waals surface area contributed by atoms with Crippen molar-refractivity contribution < 1.29 is 9.18 Å². The van der Waals surface area contributed by atoms with Crippen molar-refractivity contribution in [3.8, 4) is 0 Å². The van der Waals surface area contributed by atoms with E-state index in [-0.39, 0.29) is 23.7 Å². The van der Waals surface area contributed by atoms with Gasteiger partial charge < -0.3 is 9.80 Å². The molecule has 144 valence electrons. The minimum atomic E-state index is -0.270. The number of carbonyl (C=O) groups excluding carboxylic acids is 1. The second-order valence-corrected chi connectivity index (χ2v) is 7.53. The number of amides is 1. The summed E-state index contributed by atoms with van der Waals surface area (Å²) in [6.07, 6.45) is 6.28. The molecule has 2 aliphatic rings. The summed E-state index contributed by atoms with van der Waals surface area (Å²) in [6, 6.07) is 6.30. The Morgan fingerprint density at radius 1 is 1.27 bits per heavy atom. The molecule has 5 nitrogen and oxygen atoms in total. The maximum atomic E-state index is 13.5. The number of carbonyl (C=O) groups is 1. The molecule has 1 aromatic carbocycles. The van der Waals surface area contributed by atoms with Crippen LogP contribution >= 0.6 is 0 Å². The first kappa shape index (κ1) is 19.3. The molecular formula is C20H31FN4O. The molecule has 0 aliphatic carbocycles. The number of nitrogens with one attached hydrogen (secondary N) is 2. The quantitative estimate of drug-likeness (QED) is 0.815. The molecule has 2 heterocycles. The number of nitrogens with zero attached hydrogens (tertiary/aromatic N) is 2. The van der Waals surface area contributed by atoms with E-state index in [2.05, 4.69) is 15.8 Å². The van der Waals surface area contributed by atoms with Crippen LogP contribution in [0.1, 0.15) is 43.7 Å². The average Bonchev–Trinajstić information content (AvgIpc) is 2.98. The molecule has 0 saturated carbocycles. The van der Waals surface area contributed by atoms with Crippen molar-refractivity contribution in [3.63, 3.8) is 0 Å². The van der Waals surface area contributed by atoms with Crippen molar-refractivity contribution in [3.05, 3.63) is 35.6 Å². The first-order valence-electron chi connectivity index (χ1n) is 9.86. The Labute approximate surface area is 155 Å². The Morgan fingerprint density at radius 3 is 2.77 bits per heavy atom. The molecule has 2 fully saturated rings. The summed E-state index contributed by atoms with van der Waals surface area (Å²) in [5.74, 6) is -0.360. The van der Waals surface area contributed by atoms with Gasteiger partial charge in [-0.25, -0.2) is 9.82 Å². The lowest BCUT2D eigenvalue weighted by Crippen LogP contribution is -2.38. The van der Waals surface area contributed by atoms with E-state index in [4.69, 9.17) is 0 Å². The zero-order chi connectivity index (χ0) is 18.4. The second-order valence-electron chi connectivity index (χ2n) is 7.53. The highest BCUT2D eigenvalue weighted by molar-refractivity contribution is 5.80. The van der Waals surface area contributed by atoms with Gasteiger partial charge in [0.15, 0.2) is 0 Å². The molecule has 3 rings (SSSR count). The summed E-state index contributed by atoms with van der Waals surface area (Å²) in [4.78, 5) is 17.3. The van der Waals surface area contributed by atoms with Crippen LogP contribution in [0.15, 0.2) is 24.3 Å². The van der Waals surface area contributed by atoms with Gasteiger partial charge in [0.1, 0.15) is 5.82 Å². The van der Waals surface area contributed by atoms with E-state index in [1.165, 1.54) is 50.9 Å². The Hall–Kier alpha value is -1.50. The Balaban J connectivity index is 1.50. The van der Waals surface area contributed by atoms with Gasteiger partial charge in [-0.05, 0) is 56.6 Å². The largest absolute Gasteiger partial charge is 0.345 e. The molecule has 2 N–H and O–H groups in total. The maximum Gasteiger partial charge on any atom is 0.228 e. The molecule has 0 radical (unpaired) electrons. The molecular weight excluding hydrogens is 331 g/mol. The summed E-state index contributed by atoms with van der Waals surface area (Å²) >= 11 is 0. The smallest absolute Gasteiger partial charge is 0.228 e. The van der Waals surface area contributed by atoms with Crippen LogP contribution in [0.4, 0.5) is 4.39 Å². The minimum Gasteiger partial charge on any atom is -0.345 e. The highest BCUT2D eigenvalue weighted by atomic mass is 19.1. The molecule has 0 spiro atoms. The first-order chi connectivity index (χ1) is 12.6. The summed E-state index contributed by atoms with van der Waals surface area (Å²) in [7, 11) is 1.88. The monoisotopic (exact) mass is 362 g/mol. The lowest BCUT2D eigenvalue weighted by Gasteiger charge is -2.26. The van der Waals surface area contributed by atoms with E-state index in [0.717, 1.165) is 25.1 Å². The van der Waals surface area contributed by atoms with Crippen LogP contribution in [0, 0.1) is 11.7 Å². The lowest BCUT2D eigenvalue weighted by molar-refractivity contribution is -0.134. The van der Waals surface area contributed by atoms with Gasteiger partial charge in [0, 0.05) is 20.1 Å². The molecule has 26 heavy (non-hydrogen) atoms. The fourth-order valence-electron chi connectivity index (χ4n) is 4.03. The molecule has 2 saturated heterocycles. The summed E-state index contributed by atoms with van der Waals surface area (Å²) in [5.41, 5.74) is 7.00. The third-order valence-electron chi connectivity index (χ3n) is 5.55. The molecule has 6 heteroatoms. The van der Waals surface area contributed by atoms with Crippen LogP contribution < -0.4 is 10.9 Å². The lowest BCUT2D eigenvalue weighted by atomic mass is 9.93. The Kier molecular flexibility index (Phi) is 7.00. The van der Waals surface area contributed by atoms with E-state index in [0.29, 0.717) is 6.54 Å². The second kappa shape index (κ2) is 9.44. The van der Waals surface area contributed by atoms with E-state index in [1.54, 1.807) is 6.07 Å². The first-order valence-corrected chi connectivity index (χ1v) is 9.86. The third kappa shape index (κ3) is 5.02. The zero-order valence-corrected chi connectivity index (χ0v) is 15.7. The Bertz CT molecular complexity index is 589. The van der Waals surface area contributed by atoms with E-state index in [9.17, 15) is 9.18 Å². The van der Waals surface area contributed by atoms with Gasteiger partial charge in [-0.1, -0.05) is 25.0 Å². The number of likely N-dealkylation sites (tertiary alicyclic amines) is 1. The van der Waals surface area contributed by atoms with Crippen LogP contribution in [-0.4, -0.2) is 55.5 Å². The van der Waals surface area contributed by atoms with Crippen LogP contribution in [0.2, 0.25) is 0 Å². The summed E-state index contributed by atoms with van der Waals surface area (Å²) in [5, 5.41) is 0. The van der Waals surface area contributed by atoms with Crippen LogP contribution in [0.25, 0.3) is 0 Å². The fraction of sp³-hybridized carbons (Fsp3) is 0.650. The third-order valence-corrected chi connectivity index (χ3v) is 5.55. The van der Waals surface area contributed by atoms with Gasteiger partial charge >= 0.3 is 0 Å². The van der Waals surface area contributed by atoms with Gasteiger partial charge in [0.25, 0.3) is 0 Å². The summed E-state index contributed by atoms with van der Waals surface area (Å²) < 4.78 is 13.5. The standard InChI is InChI=1S/C20H31FN4O/c1-24(10-7-13-25-11-4-2-3-5-12-25)20(26)18-15-22-23-19(18)16-8-6-9-17(21)14-16/h6,8-9,14,18-19,22-23H,2-5,7,10-13,15H2,1H3. The van der Waals surface area contributed by atoms with E-state index in [1.807, 2.05) is 18.0 Å². The number of hydrogen-bond acceptors (Lipinski definition) is 4. The molecule has 2 unspecified atom stereocenters. The fourth-order valence-corrected chi connectivity index (χ4v) is 4.03. The van der Waals surface area contributed by atoms with Crippen molar-refractivity contribution in [1.29, 1.82) is 0 Å². The zero-order valence-electron chi connectivity index (χ0n) is 15.7. The van der Waals surface area contributed by atoms with Crippen molar-refractivity contribution in [2.75, 3.05) is 39.8 Å². The van der Waals surface area contributed by atoms with E-state index < -0.39 is 0 Å². The van der Waals surface area contributed by atoms with Crippen molar-refractivity contribution >= 4 is 5.91 Å². The summed E-state index contributed by atoms with van der Waals surface area (Å²) in [6.45, 7) is 4.77.